The summed E-state index contributed by atoms with van der Waals surface area (Å²) in [7, 11) is 0. The van der Waals surface area contributed by atoms with Gasteiger partial charge in [-0.3, -0.25) is 0 Å². The number of rotatable bonds is 1. The average Bonchev–Trinajstić information content (AvgIpc) is 2.16. The zero-order chi connectivity index (χ0) is 11.0. The van der Waals surface area contributed by atoms with Crippen LogP contribution in [0.3, 0.4) is 0 Å². The molecule has 1 heterocycles. The quantitative estimate of drug-likeness (QED) is 0.487. The predicted molar refractivity (Wildman–Crippen MR) is 58.6 cm³/mol. The molecule has 0 spiro atoms. The zero-order valence-electron chi connectivity index (χ0n) is 7.15. The molecule has 1 aromatic heterocycles. The Kier molecular flexibility index (Phi) is 2.88. The van der Waals surface area contributed by atoms with Crippen molar-refractivity contribution in [1.29, 1.82) is 0 Å². The summed E-state index contributed by atoms with van der Waals surface area (Å²) in [6, 6.07) is 4.51. The van der Waals surface area contributed by atoms with E-state index < -0.39 is 11.1 Å². The van der Waals surface area contributed by atoms with Crippen LogP contribution in [0.15, 0.2) is 23.1 Å². The molecule has 1 aromatic carbocycles. The smallest absolute Gasteiger partial charge is 0.224 e. The van der Waals surface area contributed by atoms with Crippen LogP contribution in [0.25, 0.3) is 10.9 Å². The maximum Gasteiger partial charge on any atom is 0.224 e. The molecular weight excluding hydrogens is 259 g/mol. The van der Waals surface area contributed by atoms with E-state index in [1.807, 2.05) is 0 Å². The lowest BCUT2D eigenvalue weighted by Gasteiger charge is -2.01. The fourth-order valence-corrected chi connectivity index (χ4v) is 2.01. The molecule has 0 saturated heterocycles. The topological polar surface area (TPSA) is 63.1 Å². The number of benzene rings is 1. The predicted octanol–water partition coefficient (Wildman–Crippen LogP) is 2.52. The zero-order valence-corrected chi connectivity index (χ0v) is 9.47. The fraction of sp³-hybridized carbons (Fsp3) is 0. The number of nitrogens with zero attached hydrogens (tertiary/aromatic N) is 2. The summed E-state index contributed by atoms with van der Waals surface area (Å²) in [5.74, 6) is 0. The second-order valence-electron chi connectivity index (χ2n) is 2.71. The van der Waals surface area contributed by atoms with Crippen LogP contribution in [0.5, 0.6) is 0 Å². The van der Waals surface area contributed by atoms with E-state index in [-0.39, 0.29) is 15.3 Å². The highest BCUT2D eigenvalue weighted by Gasteiger charge is 2.07. The number of hydrogen-bond acceptors (Lipinski definition) is 3. The molecule has 1 unspecified atom stereocenters. The Morgan fingerprint density at radius 3 is 2.67 bits per heavy atom. The lowest BCUT2D eigenvalue weighted by Crippen LogP contribution is -1.91. The minimum absolute atomic E-state index is 0.0466. The lowest BCUT2D eigenvalue weighted by atomic mass is 10.2. The second-order valence-corrected chi connectivity index (χ2v) is 4.38. The van der Waals surface area contributed by atoms with E-state index in [0.29, 0.717) is 10.9 Å². The van der Waals surface area contributed by atoms with Crippen molar-refractivity contribution in [2.24, 2.45) is 0 Å². The Morgan fingerprint density at radius 1 is 1.27 bits per heavy atom. The van der Waals surface area contributed by atoms with E-state index in [2.05, 4.69) is 9.97 Å². The van der Waals surface area contributed by atoms with Crippen LogP contribution in [0.4, 0.5) is 0 Å². The Hall–Kier alpha value is -0.750. The molecule has 0 saturated carbocycles. The molecule has 0 bridgehead atoms. The van der Waals surface area contributed by atoms with Gasteiger partial charge in [0.05, 0.1) is 10.4 Å². The van der Waals surface area contributed by atoms with Gasteiger partial charge in [0, 0.05) is 5.39 Å². The average molecular weight is 263 g/mol. The monoisotopic (exact) mass is 262 g/mol. The third kappa shape index (κ3) is 2.10. The van der Waals surface area contributed by atoms with Crippen molar-refractivity contribution in [3.8, 4) is 0 Å². The summed E-state index contributed by atoms with van der Waals surface area (Å²) >= 11 is 9.39. The summed E-state index contributed by atoms with van der Waals surface area (Å²) in [5.41, 5.74) is 0.536. The molecule has 1 atom stereocenters. The standard InChI is InChI=1S/C8H4Cl2N2O2S/c9-7-5-3-4(15(13)14)1-2-6(5)11-8(10)12-7/h1-3H,(H,13,14). The van der Waals surface area contributed by atoms with Crippen molar-refractivity contribution in [1.82, 2.24) is 9.97 Å². The van der Waals surface area contributed by atoms with Gasteiger partial charge in [0.25, 0.3) is 0 Å². The second kappa shape index (κ2) is 4.02. The molecule has 2 aromatic rings. The summed E-state index contributed by atoms with van der Waals surface area (Å²) in [4.78, 5) is 7.91. The van der Waals surface area contributed by atoms with Crippen molar-refractivity contribution >= 4 is 45.2 Å². The lowest BCUT2D eigenvalue weighted by molar-refractivity contribution is 0.564. The molecule has 4 nitrogen and oxygen atoms in total. The van der Waals surface area contributed by atoms with Gasteiger partial charge in [-0.2, -0.15) is 0 Å². The molecule has 0 aliphatic rings. The van der Waals surface area contributed by atoms with E-state index in [0.717, 1.165) is 0 Å². The van der Waals surface area contributed by atoms with Gasteiger partial charge in [-0.25, -0.2) is 14.2 Å². The molecule has 0 radical (unpaired) electrons. The molecule has 78 valence electrons. The maximum absolute atomic E-state index is 10.8. The molecule has 7 heteroatoms. The summed E-state index contributed by atoms with van der Waals surface area (Å²) in [6.45, 7) is 0. The van der Waals surface area contributed by atoms with Crippen LogP contribution in [-0.4, -0.2) is 18.7 Å². The van der Waals surface area contributed by atoms with E-state index in [9.17, 15) is 4.21 Å². The molecule has 0 fully saturated rings. The van der Waals surface area contributed by atoms with Gasteiger partial charge in [-0.05, 0) is 29.8 Å². The maximum atomic E-state index is 10.8. The van der Waals surface area contributed by atoms with E-state index in [1.165, 1.54) is 12.1 Å². The molecule has 1 N–H and O–H groups in total. The molecule has 0 amide bonds. The molecule has 0 aliphatic heterocycles. The van der Waals surface area contributed by atoms with Crippen molar-refractivity contribution < 1.29 is 8.76 Å². The highest BCUT2D eigenvalue weighted by atomic mass is 35.5. The molecular formula is C8H4Cl2N2O2S. The van der Waals surface area contributed by atoms with Crippen LogP contribution in [-0.2, 0) is 11.1 Å². The van der Waals surface area contributed by atoms with Crippen LogP contribution in [0, 0.1) is 0 Å². The first-order chi connectivity index (χ1) is 7.08. The highest BCUT2D eigenvalue weighted by Crippen LogP contribution is 2.23. The molecule has 15 heavy (non-hydrogen) atoms. The Bertz CT molecular complexity index is 562. The minimum Gasteiger partial charge on any atom is -0.302 e. The van der Waals surface area contributed by atoms with E-state index in [1.54, 1.807) is 6.07 Å². The van der Waals surface area contributed by atoms with Crippen LogP contribution < -0.4 is 0 Å². The normalized spacial score (nSPS) is 13.0. The van der Waals surface area contributed by atoms with Crippen molar-refractivity contribution in [3.05, 3.63) is 28.6 Å². The Labute approximate surface area is 97.5 Å². The molecule has 2 rings (SSSR count). The summed E-state index contributed by atoms with van der Waals surface area (Å²) in [6.07, 6.45) is 0. The largest absolute Gasteiger partial charge is 0.302 e. The van der Waals surface area contributed by atoms with Crippen LogP contribution >= 0.6 is 23.2 Å². The van der Waals surface area contributed by atoms with Gasteiger partial charge in [-0.1, -0.05) is 11.6 Å². The number of halogens is 2. The van der Waals surface area contributed by atoms with Gasteiger partial charge in [0.15, 0.2) is 11.1 Å². The number of hydrogen-bond donors (Lipinski definition) is 1. The van der Waals surface area contributed by atoms with E-state index in [4.69, 9.17) is 27.8 Å². The van der Waals surface area contributed by atoms with Gasteiger partial charge < -0.3 is 4.55 Å². The first kappa shape index (κ1) is 10.8. The van der Waals surface area contributed by atoms with Gasteiger partial charge >= 0.3 is 0 Å². The highest BCUT2D eigenvalue weighted by molar-refractivity contribution is 7.79. The molecule has 0 aliphatic carbocycles. The fourth-order valence-electron chi connectivity index (χ4n) is 1.15. The van der Waals surface area contributed by atoms with Crippen LogP contribution in [0.1, 0.15) is 0 Å². The first-order valence-electron chi connectivity index (χ1n) is 3.81. The van der Waals surface area contributed by atoms with E-state index >= 15 is 0 Å². The minimum atomic E-state index is -2.05. The Balaban J connectivity index is 2.76. The summed E-state index contributed by atoms with van der Waals surface area (Å²) < 4.78 is 19.7. The van der Waals surface area contributed by atoms with Gasteiger partial charge in [-0.15, -0.1) is 0 Å². The van der Waals surface area contributed by atoms with Gasteiger partial charge in [0.1, 0.15) is 5.15 Å². The van der Waals surface area contributed by atoms with Crippen molar-refractivity contribution in [2.75, 3.05) is 0 Å². The third-order valence-corrected chi connectivity index (χ3v) is 2.91. The van der Waals surface area contributed by atoms with Crippen molar-refractivity contribution in [2.45, 2.75) is 4.90 Å². The third-order valence-electron chi connectivity index (χ3n) is 1.80. The van der Waals surface area contributed by atoms with Gasteiger partial charge in [0.2, 0.25) is 5.28 Å². The number of aromatic nitrogens is 2. The SMILES string of the molecule is O=S(O)c1ccc2nc(Cl)nc(Cl)c2c1. The number of fused-ring (bicyclic) bond motifs is 1. The Morgan fingerprint density at radius 2 is 2.00 bits per heavy atom. The first-order valence-corrected chi connectivity index (χ1v) is 5.68. The van der Waals surface area contributed by atoms with Crippen molar-refractivity contribution in [3.63, 3.8) is 0 Å². The van der Waals surface area contributed by atoms with Crippen LogP contribution in [0.2, 0.25) is 10.4 Å². The summed E-state index contributed by atoms with van der Waals surface area (Å²) in [5, 5.41) is 0.712.